The molecule has 25 heavy (non-hydrogen) atoms. The van der Waals surface area contributed by atoms with Crippen molar-refractivity contribution in [1.82, 2.24) is 4.98 Å². The number of phenols is 1. The number of carboxylic acids is 2. The lowest BCUT2D eigenvalue weighted by atomic mass is 9.94. The van der Waals surface area contributed by atoms with Crippen LogP contribution < -0.4 is 11.3 Å². The summed E-state index contributed by atoms with van der Waals surface area (Å²) in [5.74, 6) is -5.30. The molecule has 0 aliphatic carbocycles. The standard InChI is InChI=1S/C14H9F3N2O6/c15-14(16,17)5-1-4(2-6(20)3-5)7-8(12(22)23)10(18)19-11(21)9(7)13(24)25/h1-3,20H,(H,22,23)(H,24,25)(H3,18,19,21). The Morgan fingerprint density at radius 3 is 2.08 bits per heavy atom. The normalized spacial score (nSPS) is 11.3. The monoisotopic (exact) mass is 358 g/mol. The van der Waals surface area contributed by atoms with Gasteiger partial charge in [0.2, 0.25) is 0 Å². The van der Waals surface area contributed by atoms with E-state index in [9.17, 15) is 37.8 Å². The number of H-pyrrole nitrogens is 1. The minimum atomic E-state index is -4.91. The highest BCUT2D eigenvalue weighted by atomic mass is 19.4. The molecule has 11 heteroatoms. The van der Waals surface area contributed by atoms with Crippen molar-refractivity contribution < 1.29 is 38.1 Å². The minimum absolute atomic E-state index is 0.362. The Morgan fingerprint density at radius 2 is 1.60 bits per heavy atom. The molecule has 2 aromatic rings. The summed E-state index contributed by atoms with van der Waals surface area (Å²) in [4.78, 5) is 36.4. The highest BCUT2D eigenvalue weighted by Crippen LogP contribution is 2.37. The summed E-state index contributed by atoms with van der Waals surface area (Å²) >= 11 is 0. The molecule has 0 bridgehead atoms. The van der Waals surface area contributed by atoms with Crippen molar-refractivity contribution in [3.8, 4) is 16.9 Å². The number of halogens is 3. The molecule has 1 aromatic carbocycles. The van der Waals surface area contributed by atoms with Crippen LogP contribution in [0.15, 0.2) is 23.0 Å². The van der Waals surface area contributed by atoms with E-state index in [-0.39, 0.29) is 0 Å². The number of carboxylic acid groups (broad SMARTS) is 2. The number of aromatic carboxylic acids is 2. The maximum atomic E-state index is 12.9. The van der Waals surface area contributed by atoms with Gasteiger partial charge in [0.05, 0.1) is 5.56 Å². The van der Waals surface area contributed by atoms with E-state index in [4.69, 9.17) is 10.8 Å². The zero-order chi connectivity index (χ0) is 19.1. The molecule has 0 unspecified atom stereocenters. The highest BCUT2D eigenvalue weighted by Gasteiger charge is 2.33. The number of alkyl halides is 3. The Morgan fingerprint density at radius 1 is 1.04 bits per heavy atom. The van der Waals surface area contributed by atoms with Crippen molar-refractivity contribution in [2.24, 2.45) is 0 Å². The van der Waals surface area contributed by atoms with Crippen LogP contribution in [0.2, 0.25) is 0 Å². The van der Waals surface area contributed by atoms with Gasteiger partial charge in [-0.05, 0) is 23.8 Å². The molecule has 0 aliphatic heterocycles. The quantitative estimate of drug-likeness (QED) is 0.560. The molecule has 0 saturated heterocycles. The molecule has 0 radical (unpaired) electrons. The topological polar surface area (TPSA) is 154 Å². The number of hydrogen-bond donors (Lipinski definition) is 5. The average Bonchev–Trinajstić information content (AvgIpc) is 2.43. The summed E-state index contributed by atoms with van der Waals surface area (Å²) in [5, 5.41) is 27.9. The van der Waals surface area contributed by atoms with Gasteiger partial charge in [0.15, 0.2) is 0 Å². The fraction of sp³-hybridized carbons (Fsp3) is 0.0714. The van der Waals surface area contributed by atoms with Crippen LogP contribution in [0.3, 0.4) is 0 Å². The molecule has 0 fully saturated rings. The molecular weight excluding hydrogens is 349 g/mol. The van der Waals surface area contributed by atoms with E-state index in [1.807, 2.05) is 4.98 Å². The number of hydrogen-bond acceptors (Lipinski definition) is 5. The van der Waals surface area contributed by atoms with Gasteiger partial charge in [-0.1, -0.05) is 0 Å². The van der Waals surface area contributed by atoms with Crippen molar-refractivity contribution in [2.45, 2.75) is 6.18 Å². The zero-order valence-corrected chi connectivity index (χ0v) is 12.0. The summed E-state index contributed by atoms with van der Waals surface area (Å²) in [6, 6.07) is 1.47. The zero-order valence-electron chi connectivity index (χ0n) is 12.0. The van der Waals surface area contributed by atoms with Crippen LogP contribution >= 0.6 is 0 Å². The Kier molecular flexibility index (Phi) is 4.18. The number of benzene rings is 1. The van der Waals surface area contributed by atoms with Gasteiger partial charge in [-0.15, -0.1) is 0 Å². The number of anilines is 1. The molecule has 0 saturated carbocycles. The second kappa shape index (κ2) is 5.85. The predicted octanol–water partition coefficient (Wildman–Crippen LogP) is 1.74. The molecule has 0 aliphatic rings. The number of pyridine rings is 1. The van der Waals surface area contributed by atoms with Crippen molar-refractivity contribution in [1.29, 1.82) is 0 Å². The molecule has 0 atom stereocenters. The fourth-order valence-electron chi connectivity index (χ4n) is 2.25. The second-order valence-electron chi connectivity index (χ2n) is 4.87. The highest BCUT2D eigenvalue weighted by molar-refractivity contribution is 6.07. The molecule has 6 N–H and O–H groups in total. The predicted molar refractivity (Wildman–Crippen MR) is 77.5 cm³/mol. The van der Waals surface area contributed by atoms with E-state index in [0.29, 0.717) is 18.2 Å². The van der Waals surface area contributed by atoms with Gasteiger partial charge in [-0.2, -0.15) is 13.2 Å². The first-order chi connectivity index (χ1) is 11.4. The maximum Gasteiger partial charge on any atom is 0.416 e. The van der Waals surface area contributed by atoms with Gasteiger partial charge in [0.25, 0.3) is 5.56 Å². The second-order valence-corrected chi connectivity index (χ2v) is 4.87. The van der Waals surface area contributed by atoms with Crippen LogP contribution in [0.1, 0.15) is 26.3 Å². The first kappa shape index (κ1) is 17.8. The Hall–Kier alpha value is -3.50. The van der Waals surface area contributed by atoms with Gasteiger partial charge in [-0.3, -0.25) is 4.79 Å². The van der Waals surface area contributed by atoms with Crippen LogP contribution in [-0.4, -0.2) is 32.2 Å². The molecule has 132 valence electrons. The Labute approximate surface area is 136 Å². The van der Waals surface area contributed by atoms with Crippen LogP contribution in [0.4, 0.5) is 19.0 Å². The largest absolute Gasteiger partial charge is 0.508 e. The van der Waals surface area contributed by atoms with Crippen molar-refractivity contribution in [3.05, 3.63) is 45.2 Å². The Bertz CT molecular complexity index is 949. The van der Waals surface area contributed by atoms with Crippen LogP contribution in [-0.2, 0) is 6.18 Å². The number of nitrogen functional groups attached to an aromatic ring is 1. The van der Waals surface area contributed by atoms with E-state index in [0.717, 1.165) is 0 Å². The van der Waals surface area contributed by atoms with E-state index in [1.165, 1.54) is 0 Å². The summed E-state index contributed by atoms with van der Waals surface area (Å²) in [6.45, 7) is 0. The first-order valence-corrected chi connectivity index (χ1v) is 6.37. The SMILES string of the molecule is Nc1[nH]c(=O)c(C(=O)O)c(-c2cc(O)cc(C(F)(F)F)c2)c1C(=O)O. The molecule has 2 rings (SSSR count). The number of aromatic hydroxyl groups is 1. The fourth-order valence-corrected chi connectivity index (χ4v) is 2.25. The van der Waals surface area contributed by atoms with Gasteiger partial charge in [0, 0.05) is 5.56 Å². The molecule has 1 aromatic heterocycles. The van der Waals surface area contributed by atoms with Gasteiger partial charge in [-0.25, -0.2) is 9.59 Å². The minimum Gasteiger partial charge on any atom is -0.508 e. The van der Waals surface area contributed by atoms with Crippen LogP contribution in [0.5, 0.6) is 5.75 Å². The lowest BCUT2D eigenvalue weighted by molar-refractivity contribution is -0.137. The van der Waals surface area contributed by atoms with E-state index in [1.54, 1.807) is 0 Å². The maximum absolute atomic E-state index is 12.9. The average molecular weight is 358 g/mol. The van der Waals surface area contributed by atoms with E-state index < -0.39 is 63.1 Å². The number of nitrogens with two attached hydrogens (primary N) is 1. The van der Waals surface area contributed by atoms with E-state index >= 15 is 0 Å². The lowest BCUT2D eigenvalue weighted by Crippen LogP contribution is -2.24. The van der Waals surface area contributed by atoms with Crippen molar-refractivity contribution in [2.75, 3.05) is 5.73 Å². The molecule has 0 amide bonds. The van der Waals surface area contributed by atoms with Gasteiger partial charge < -0.3 is 26.0 Å². The van der Waals surface area contributed by atoms with Crippen molar-refractivity contribution >= 4 is 17.8 Å². The van der Waals surface area contributed by atoms with Crippen LogP contribution in [0.25, 0.3) is 11.1 Å². The van der Waals surface area contributed by atoms with Crippen LogP contribution in [0, 0.1) is 0 Å². The summed E-state index contributed by atoms with van der Waals surface area (Å²) in [6.07, 6.45) is -4.91. The number of nitrogens with one attached hydrogen (secondary N) is 1. The molecular formula is C14H9F3N2O6. The lowest BCUT2D eigenvalue weighted by Gasteiger charge is -2.14. The van der Waals surface area contributed by atoms with Gasteiger partial charge >= 0.3 is 18.1 Å². The van der Waals surface area contributed by atoms with Gasteiger partial charge in [0.1, 0.15) is 22.7 Å². The number of aromatic amines is 1. The molecule has 8 nitrogen and oxygen atoms in total. The third kappa shape index (κ3) is 3.24. The first-order valence-electron chi connectivity index (χ1n) is 6.37. The third-order valence-corrected chi connectivity index (χ3v) is 3.21. The summed E-state index contributed by atoms with van der Waals surface area (Å²) in [5.41, 5.74) is -0.804. The number of phenolic OH excluding ortho intramolecular Hbond substituents is 1. The molecule has 0 spiro atoms. The summed E-state index contributed by atoms with van der Waals surface area (Å²) in [7, 11) is 0. The smallest absolute Gasteiger partial charge is 0.416 e. The third-order valence-electron chi connectivity index (χ3n) is 3.21. The van der Waals surface area contributed by atoms with Crippen molar-refractivity contribution in [3.63, 3.8) is 0 Å². The molecule has 1 heterocycles. The Balaban J connectivity index is 3.01. The number of aromatic nitrogens is 1. The summed E-state index contributed by atoms with van der Waals surface area (Å²) < 4.78 is 38.7. The number of rotatable bonds is 3. The van der Waals surface area contributed by atoms with E-state index in [2.05, 4.69) is 0 Å². The number of carbonyl (C=O) groups is 2.